The summed E-state index contributed by atoms with van der Waals surface area (Å²) in [4.78, 5) is 0. The van der Waals surface area contributed by atoms with E-state index in [-0.39, 0.29) is 0 Å². The van der Waals surface area contributed by atoms with Gasteiger partial charge in [-0.05, 0) is 54.3 Å². The summed E-state index contributed by atoms with van der Waals surface area (Å²) in [5.74, 6) is 1.29. The van der Waals surface area contributed by atoms with Gasteiger partial charge in [0.05, 0.1) is 0 Å². The van der Waals surface area contributed by atoms with Crippen molar-refractivity contribution in [2.24, 2.45) is 0 Å². The van der Waals surface area contributed by atoms with Crippen molar-refractivity contribution in [2.75, 3.05) is 19.8 Å². The molecule has 0 bridgehead atoms. The van der Waals surface area contributed by atoms with Gasteiger partial charge in [-0.15, -0.1) is 10.2 Å². The van der Waals surface area contributed by atoms with E-state index in [2.05, 4.69) is 72.5 Å². The highest BCUT2D eigenvalue weighted by Gasteiger charge is 2.25. The minimum atomic E-state index is -0.857. The normalized spacial score (nSPS) is 25.4. The molecule has 2 rings (SSSR count). The molecule has 104 valence electrons. The second-order valence-electron chi connectivity index (χ2n) is 5.27. The number of unbranched alkanes of at least 4 members (excludes halogenated alkanes) is 2. The minimum absolute atomic E-state index is 0.857. The average Bonchev–Trinajstić information content (AvgIpc) is 2.86. The quantitative estimate of drug-likeness (QED) is 0.658. The fourth-order valence-corrected chi connectivity index (χ4v) is 5.26. The largest absolute Gasteiger partial charge is 0.267 e. The lowest BCUT2D eigenvalue weighted by atomic mass is 10.1. The molecule has 1 aliphatic rings. The maximum atomic E-state index is 2.51. The maximum absolute atomic E-state index is 2.51. The summed E-state index contributed by atoms with van der Waals surface area (Å²) in [6, 6.07) is 10.7. The molecule has 0 aromatic heterocycles. The van der Waals surface area contributed by atoms with Gasteiger partial charge in [-0.1, -0.05) is 50.1 Å². The van der Waals surface area contributed by atoms with Crippen LogP contribution in [-0.4, -0.2) is 24.2 Å². The van der Waals surface area contributed by atoms with Crippen LogP contribution in [0.4, 0.5) is 0 Å². The first-order valence-electron chi connectivity index (χ1n) is 7.12. The summed E-state index contributed by atoms with van der Waals surface area (Å²) in [7, 11) is 3.58. The smallest absolute Gasteiger partial charge is 0.00362 e. The zero-order valence-corrected chi connectivity index (χ0v) is 13.1. The molecular weight excluding hydrogens is 250 g/mol. The molecule has 0 saturated carbocycles. The van der Waals surface area contributed by atoms with Crippen molar-refractivity contribution in [3.8, 4) is 0 Å². The van der Waals surface area contributed by atoms with Gasteiger partial charge in [-0.2, -0.15) is 0 Å². The zero-order valence-electron chi connectivity index (χ0n) is 12.3. The molecular formula is C17H25NS. The minimum Gasteiger partial charge on any atom is -0.267 e. The number of rotatable bonds is 6. The lowest BCUT2D eigenvalue weighted by Crippen LogP contribution is -2.17. The van der Waals surface area contributed by atoms with E-state index < -0.39 is 10.2 Å². The average molecular weight is 275 g/mol. The fourth-order valence-electron chi connectivity index (χ4n) is 2.40. The lowest BCUT2D eigenvalue weighted by molar-refractivity contribution is 0.679. The van der Waals surface area contributed by atoms with E-state index in [1.165, 1.54) is 36.2 Å². The van der Waals surface area contributed by atoms with Gasteiger partial charge in [-0.25, -0.2) is 0 Å². The molecule has 1 aromatic rings. The first-order chi connectivity index (χ1) is 9.18. The summed E-state index contributed by atoms with van der Waals surface area (Å²) in [5, 5.41) is 4.96. The van der Waals surface area contributed by atoms with Gasteiger partial charge in [0.2, 0.25) is 0 Å². The summed E-state index contributed by atoms with van der Waals surface area (Å²) in [5.41, 5.74) is 2.73. The van der Waals surface area contributed by atoms with Gasteiger partial charge in [0, 0.05) is 0 Å². The van der Waals surface area contributed by atoms with Crippen LogP contribution in [0.5, 0.6) is 0 Å². The molecule has 1 unspecified atom stereocenters. The van der Waals surface area contributed by atoms with E-state index in [1.54, 1.807) is 0 Å². The van der Waals surface area contributed by atoms with E-state index in [0.717, 1.165) is 0 Å². The van der Waals surface area contributed by atoms with Crippen LogP contribution in [0, 0.1) is 0 Å². The SMILES string of the molecule is CCCCCS1(N(C)C)C=CC(c2ccccc2)=C1. The molecule has 1 nitrogen and oxygen atoms in total. The molecule has 1 heterocycles. The topological polar surface area (TPSA) is 3.24 Å². The van der Waals surface area contributed by atoms with E-state index in [0.29, 0.717) is 0 Å². The van der Waals surface area contributed by atoms with Crippen molar-refractivity contribution >= 4 is 15.8 Å². The predicted octanol–water partition coefficient (Wildman–Crippen LogP) is 5.03. The van der Waals surface area contributed by atoms with Gasteiger partial charge in [0.25, 0.3) is 0 Å². The van der Waals surface area contributed by atoms with Crippen LogP contribution in [0.1, 0.15) is 31.7 Å². The van der Waals surface area contributed by atoms with Crippen LogP contribution in [0.2, 0.25) is 0 Å². The third-order valence-electron chi connectivity index (χ3n) is 3.68. The first-order valence-corrected chi connectivity index (χ1v) is 9.00. The Morgan fingerprint density at radius 2 is 1.79 bits per heavy atom. The highest BCUT2D eigenvalue weighted by molar-refractivity contribution is 8.36. The Kier molecular flexibility index (Phi) is 4.89. The van der Waals surface area contributed by atoms with Crippen LogP contribution in [-0.2, 0) is 0 Å². The van der Waals surface area contributed by atoms with Crippen molar-refractivity contribution in [1.29, 1.82) is 0 Å². The molecule has 2 heteroatoms. The van der Waals surface area contributed by atoms with Crippen molar-refractivity contribution in [3.05, 3.63) is 52.8 Å². The highest BCUT2D eigenvalue weighted by Crippen LogP contribution is 2.58. The Morgan fingerprint density at radius 1 is 1.05 bits per heavy atom. The predicted molar refractivity (Wildman–Crippen MR) is 89.2 cm³/mol. The second-order valence-corrected chi connectivity index (χ2v) is 8.54. The summed E-state index contributed by atoms with van der Waals surface area (Å²) < 4.78 is 2.43. The molecule has 1 aliphatic heterocycles. The molecule has 0 radical (unpaired) electrons. The molecule has 0 spiro atoms. The Hall–Kier alpha value is -0.990. The van der Waals surface area contributed by atoms with Crippen LogP contribution in [0.15, 0.2) is 47.2 Å². The summed E-state index contributed by atoms with van der Waals surface area (Å²) >= 11 is 0. The van der Waals surface area contributed by atoms with E-state index >= 15 is 0 Å². The third-order valence-corrected chi connectivity index (χ3v) is 7.25. The van der Waals surface area contributed by atoms with Crippen LogP contribution < -0.4 is 0 Å². The molecule has 1 aromatic carbocycles. The van der Waals surface area contributed by atoms with Crippen molar-refractivity contribution < 1.29 is 0 Å². The second kappa shape index (κ2) is 6.44. The third kappa shape index (κ3) is 3.31. The Bertz CT molecular complexity index is 461. The Morgan fingerprint density at radius 3 is 2.42 bits per heavy atom. The van der Waals surface area contributed by atoms with Crippen LogP contribution >= 0.6 is 10.2 Å². The monoisotopic (exact) mass is 275 g/mol. The highest BCUT2D eigenvalue weighted by atomic mass is 32.3. The van der Waals surface area contributed by atoms with Gasteiger partial charge < -0.3 is 0 Å². The summed E-state index contributed by atoms with van der Waals surface area (Å²) in [6.45, 7) is 2.27. The molecule has 1 atom stereocenters. The molecule has 0 aliphatic carbocycles. The maximum Gasteiger partial charge on any atom is -0.00362 e. The standard InChI is InChI=1S/C17H25NS/c1-4-5-9-13-19(18(2)3)14-12-17(15-19)16-10-7-6-8-11-16/h6-8,10-12,14-15H,4-5,9,13H2,1-3H3. The van der Waals surface area contributed by atoms with Crippen LogP contribution in [0.3, 0.4) is 0 Å². The Labute approximate surface area is 119 Å². The van der Waals surface area contributed by atoms with Gasteiger partial charge >= 0.3 is 0 Å². The Balaban J connectivity index is 2.19. The van der Waals surface area contributed by atoms with Crippen LogP contribution in [0.25, 0.3) is 5.57 Å². The zero-order chi connectivity index (χ0) is 13.7. The molecule has 0 amide bonds. The van der Waals surface area contributed by atoms with Crippen molar-refractivity contribution in [3.63, 3.8) is 0 Å². The van der Waals surface area contributed by atoms with Gasteiger partial charge in [0.15, 0.2) is 0 Å². The fraction of sp³-hybridized carbons (Fsp3) is 0.412. The number of allylic oxidation sites excluding steroid dienone is 2. The van der Waals surface area contributed by atoms with Crippen molar-refractivity contribution in [1.82, 2.24) is 4.31 Å². The van der Waals surface area contributed by atoms with E-state index in [4.69, 9.17) is 0 Å². The molecule has 0 fully saturated rings. The number of nitrogens with zero attached hydrogens (tertiary/aromatic N) is 1. The lowest BCUT2D eigenvalue weighted by Gasteiger charge is -2.39. The molecule has 19 heavy (non-hydrogen) atoms. The van der Waals surface area contributed by atoms with Gasteiger partial charge in [-0.3, -0.25) is 4.31 Å². The number of hydrogen-bond acceptors (Lipinski definition) is 1. The number of hydrogen-bond donors (Lipinski definition) is 0. The van der Waals surface area contributed by atoms with E-state index in [9.17, 15) is 0 Å². The van der Waals surface area contributed by atoms with Gasteiger partial charge in [0.1, 0.15) is 0 Å². The first kappa shape index (κ1) is 14.4. The summed E-state index contributed by atoms with van der Waals surface area (Å²) in [6.07, 6.45) is 6.27. The molecule has 0 saturated heterocycles. The number of benzene rings is 1. The van der Waals surface area contributed by atoms with E-state index in [1.807, 2.05) is 0 Å². The molecule has 0 N–H and O–H groups in total. The van der Waals surface area contributed by atoms with Crippen molar-refractivity contribution in [2.45, 2.75) is 26.2 Å².